The second-order valence-electron chi connectivity index (χ2n) is 4.77. The lowest BCUT2D eigenvalue weighted by molar-refractivity contribution is 0.100. The Morgan fingerprint density at radius 3 is 2.76 bits per heavy atom. The van der Waals surface area contributed by atoms with Crippen molar-refractivity contribution in [2.45, 2.75) is 33.2 Å². The molecule has 1 atom stereocenters. The molecule has 0 bridgehead atoms. The maximum absolute atomic E-state index is 11.5. The SMILES string of the molecule is CCc1sc(C(C)Nc2nnc(Cl)cc2C(N)=O)cc1C. The molecule has 2 heterocycles. The number of carbonyl (C=O) groups is 1. The summed E-state index contributed by atoms with van der Waals surface area (Å²) < 4.78 is 0. The number of aryl methyl sites for hydroxylation is 2. The number of primary amides is 1. The molecule has 0 aliphatic carbocycles. The average molecular weight is 325 g/mol. The molecule has 0 aromatic carbocycles. The van der Waals surface area contributed by atoms with E-state index in [-0.39, 0.29) is 16.8 Å². The van der Waals surface area contributed by atoms with Gasteiger partial charge in [0.25, 0.3) is 5.91 Å². The van der Waals surface area contributed by atoms with Gasteiger partial charge in [-0.05, 0) is 38.0 Å². The van der Waals surface area contributed by atoms with Gasteiger partial charge >= 0.3 is 0 Å². The van der Waals surface area contributed by atoms with Crippen LogP contribution in [0.4, 0.5) is 5.82 Å². The van der Waals surface area contributed by atoms with E-state index in [2.05, 4.69) is 35.4 Å². The standard InChI is InChI=1S/C14H17ClN4OS/c1-4-10-7(2)5-11(21-10)8(3)17-14-9(13(16)20)6-12(15)18-19-14/h5-6,8H,4H2,1-3H3,(H2,16,20)(H,17,19). The van der Waals surface area contributed by atoms with Gasteiger partial charge in [0.15, 0.2) is 11.0 Å². The minimum absolute atomic E-state index is 0.00238. The van der Waals surface area contributed by atoms with Gasteiger partial charge in [-0.3, -0.25) is 4.79 Å². The molecule has 0 radical (unpaired) electrons. The van der Waals surface area contributed by atoms with Crippen LogP contribution in [0.3, 0.4) is 0 Å². The third-order valence-electron chi connectivity index (χ3n) is 3.17. The highest BCUT2D eigenvalue weighted by Gasteiger charge is 2.16. The molecule has 0 aliphatic heterocycles. The predicted molar refractivity (Wildman–Crippen MR) is 86.0 cm³/mol. The van der Waals surface area contributed by atoms with Gasteiger partial charge in [0, 0.05) is 9.75 Å². The van der Waals surface area contributed by atoms with Crippen LogP contribution < -0.4 is 11.1 Å². The van der Waals surface area contributed by atoms with Crippen LogP contribution in [0.2, 0.25) is 5.15 Å². The third kappa shape index (κ3) is 3.51. The fourth-order valence-corrected chi connectivity index (χ4v) is 3.32. The average Bonchev–Trinajstić information content (AvgIpc) is 2.81. The molecule has 0 spiro atoms. The lowest BCUT2D eigenvalue weighted by Crippen LogP contribution is -2.17. The van der Waals surface area contributed by atoms with Gasteiger partial charge in [0.2, 0.25) is 0 Å². The van der Waals surface area contributed by atoms with E-state index in [0.29, 0.717) is 5.82 Å². The predicted octanol–water partition coefficient (Wildman–Crippen LogP) is 3.33. The first kappa shape index (κ1) is 15.7. The number of rotatable bonds is 5. The molecule has 0 saturated carbocycles. The molecule has 2 aromatic heterocycles. The number of carbonyl (C=O) groups excluding carboxylic acids is 1. The molecule has 112 valence electrons. The third-order valence-corrected chi connectivity index (χ3v) is 4.92. The molecule has 7 heteroatoms. The summed E-state index contributed by atoms with van der Waals surface area (Å²) in [5, 5.41) is 11.0. The van der Waals surface area contributed by atoms with Crippen LogP contribution in [0.5, 0.6) is 0 Å². The maximum atomic E-state index is 11.5. The zero-order valence-electron chi connectivity index (χ0n) is 12.1. The Hall–Kier alpha value is -1.66. The molecule has 1 unspecified atom stereocenters. The van der Waals surface area contributed by atoms with Gasteiger partial charge in [0.05, 0.1) is 11.6 Å². The fraction of sp³-hybridized carbons (Fsp3) is 0.357. The fourth-order valence-electron chi connectivity index (χ4n) is 2.05. The monoisotopic (exact) mass is 324 g/mol. The first-order chi connectivity index (χ1) is 9.92. The van der Waals surface area contributed by atoms with Crippen molar-refractivity contribution in [3.8, 4) is 0 Å². The zero-order valence-corrected chi connectivity index (χ0v) is 13.7. The summed E-state index contributed by atoms with van der Waals surface area (Å²) in [6.45, 7) is 6.24. The summed E-state index contributed by atoms with van der Waals surface area (Å²) in [6, 6.07) is 3.57. The zero-order chi connectivity index (χ0) is 15.6. The second kappa shape index (κ2) is 6.41. The van der Waals surface area contributed by atoms with Gasteiger partial charge in [-0.15, -0.1) is 21.5 Å². The number of thiophene rings is 1. The molecule has 5 nitrogen and oxygen atoms in total. The van der Waals surface area contributed by atoms with E-state index < -0.39 is 5.91 Å². The van der Waals surface area contributed by atoms with E-state index in [4.69, 9.17) is 17.3 Å². The number of halogens is 1. The van der Waals surface area contributed by atoms with E-state index >= 15 is 0 Å². The maximum Gasteiger partial charge on any atom is 0.252 e. The van der Waals surface area contributed by atoms with Crippen LogP contribution in [-0.2, 0) is 6.42 Å². The van der Waals surface area contributed by atoms with Gasteiger partial charge in [-0.2, -0.15) is 0 Å². The van der Waals surface area contributed by atoms with Crippen molar-refractivity contribution in [1.82, 2.24) is 10.2 Å². The van der Waals surface area contributed by atoms with Crippen molar-refractivity contribution in [2.24, 2.45) is 5.73 Å². The van der Waals surface area contributed by atoms with Crippen LogP contribution in [0.15, 0.2) is 12.1 Å². The van der Waals surface area contributed by atoms with E-state index in [1.807, 2.05) is 6.92 Å². The number of amides is 1. The van der Waals surface area contributed by atoms with Crippen molar-refractivity contribution in [2.75, 3.05) is 5.32 Å². The van der Waals surface area contributed by atoms with E-state index in [1.165, 1.54) is 21.4 Å². The Kier molecular flexibility index (Phi) is 4.80. The number of aromatic nitrogens is 2. The Morgan fingerprint density at radius 2 is 2.19 bits per heavy atom. The molecule has 0 saturated heterocycles. The molecule has 2 aromatic rings. The van der Waals surface area contributed by atoms with Gasteiger partial charge in [-0.25, -0.2) is 0 Å². The highest BCUT2D eigenvalue weighted by atomic mass is 35.5. The van der Waals surface area contributed by atoms with Crippen molar-refractivity contribution in [3.63, 3.8) is 0 Å². The van der Waals surface area contributed by atoms with E-state index in [9.17, 15) is 4.79 Å². The molecule has 21 heavy (non-hydrogen) atoms. The summed E-state index contributed by atoms with van der Waals surface area (Å²) in [4.78, 5) is 14.0. The Balaban J connectivity index is 2.26. The van der Waals surface area contributed by atoms with Gasteiger partial charge in [-0.1, -0.05) is 18.5 Å². The molecule has 1 amide bonds. The van der Waals surface area contributed by atoms with Crippen LogP contribution in [-0.4, -0.2) is 16.1 Å². The first-order valence-corrected chi connectivity index (χ1v) is 7.80. The summed E-state index contributed by atoms with van der Waals surface area (Å²) >= 11 is 7.50. The van der Waals surface area contributed by atoms with Crippen molar-refractivity contribution >= 4 is 34.7 Å². The van der Waals surface area contributed by atoms with Crippen LogP contribution in [0.25, 0.3) is 0 Å². The summed E-state index contributed by atoms with van der Waals surface area (Å²) in [5.41, 5.74) is 6.87. The van der Waals surface area contributed by atoms with Crippen LogP contribution >= 0.6 is 22.9 Å². The molecule has 0 aliphatic rings. The van der Waals surface area contributed by atoms with E-state index in [1.54, 1.807) is 11.3 Å². The quantitative estimate of drug-likeness (QED) is 0.884. The number of anilines is 1. The number of hydrogen-bond acceptors (Lipinski definition) is 5. The smallest absolute Gasteiger partial charge is 0.252 e. The van der Waals surface area contributed by atoms with Gasteiger partial charge < -0.3 is 11.1 Å². The molecule has 0 fully saturated rings. The Labute approximate surface area is 132 Å². The molecule has 3 N–H and O–H groups in total. The minimum Gasteiger partial charge on any atom is -0.365 e. The number of nitrogens with two attached hydrogens (primary N) is 1. The topological polar surface area (TPSA) is 80.9 Å². The summed E-state index contributed by atoms with van der Waals surface area (Å²) in [7, 11) is 0. The number of nitrogens with zero attached hydrogens (tertiary/aromatic N) is 2. The highest BCUT2D eigenvalue weighted by Crippen LogP contribution is 2.30. The normalized spacial score (nSPS) is 12.2. The number of nitrogens with one attached hydrogen (secondary N) is 1. The number of hydrogen-bond donors (Lipinski definition) is 2. The Morgan fingerprint density at radius 1 is 1.48 bits per heavy atom. The largest absolute Gasteiger partial charge is 0.365 e. The van der Waals surface area contributed by atoms with Crippen molar-refractivity contribution < 1.29 is 4.79 Å². The van der Waals surface area contributed by atoms with Crippen LogP contribution in [0, 0.1) is 6.92 Å². The van der Waals surface area contributed by atoms with Crippen molar-refractivity contribution in [1.29, 1.82) is 0 Å². The molecular formula is C14H17ClN4OS. The summed E-state index contributed by atoms with van der Waals surface area (Å²) in [5.74, 6) is -0.235. The first-order valence-electron chi connectivity index (χ1n) is 6.61. The lowest BCUT2D eigenvalue weighted by Gasteiger charge is -2.14. The van der Waals surface area contributed by atoms with Crippen LogP contribution in [0.1, 0.15) is 45.6 Å². The van der Waals surface area contributed by atoms with Crippen molar-refractivity contribution in [3.05, 3.63) is 38.2 Å². The van der Waals surface area contributed by atoms with Gasteiger partial charge in [0.1, 0.15) is 0 Å². The lowest BCUT2D eigenvalue weighted by atomic mass is 10.2. The highest BCUT2D eigenvalue weighted by molar-refractivity contribution is 7.12. The van der Waals surface area contributed by atoms with E-state index in [0.717, 1.165) is 6.42 Å². The summed E-state index contributed by atoms with van der Waals surface area (Å²) in [6.07, 6.45) is 1.01. The minimum atomic E-state index is -0.585. The Bertz CT molecular complexity index is 671. The molecular weight excluding hydrogens is 308 g/mol. The molecule has 2 rings (SSSR count). The second-order valence-corrected chi connectivity index (χ2v) is 6.32.